The number of urea groups is 1. The van der Waals surface area contributed by atoms with Gasteiger partial charge in [-0.25, -0.2) is 14.1 Å². The van der Waals surface area contributed by atoms with Gasteiger partial charge in [0.15, 0.2) is 11.5 Å². The number of methoxy groups -OCH3 is 1. The van der Waals surface area contributed by atoms with Gasteiger partial charge < -0.3 is 14.2 Å². The van der Waals surface area contributed by atoms with Gasteiger partial charge >= 0.3 is 6.03 Å². The highest BCUT2D eigenvalue weighted by Crippen LogP contribution is 2.35. The van der Waals surface area contributed by atoms with E-state index in [9.17, 15) is 18.8 Å². The van der Waals surface area contributed by atoms with Crippen LogP contribution in [0, 0.1) is 9.39 Å². The first-order valence-electron chi connectivity index (χ1n) is 11.7. The van der Waals surface area contributed by atoms with Gasteiger partial charge in [0.25, 0.3) is 11.8 Å². The lowest BCUT2D eigenvalue weighted by atomic mass is 10.1. The number of anilines is 1. The van der Waals surface area contributed by atoms with Crippen molar-refractivity contribution in [2.45, 2.75) is 20.0 Å². The second-order valence-corrected chi connectivity index (χ2v) is 9.41. The maximum Gasteiger partial charge on any atom is 0.335 e. The van der Waals surface area contributed by atoms with Crippen molar-refractivity contribution in [3.05, 3.63) is 86.8 Å². The van der Waals surface area contributed by atoms with Crippen molar-refractivity contribution in [3.63, 3.8) is 0 Å². The van der Waals surface area contributed by atoms with Crippen molar-refractivity contribution >= 4 is 52.2 Å². The summed E-state index contributed by atoms with van der Waals surface area (Å²) in [5, 5.41) is 2.22. The van der Waals surface area contributed by atoms with Crippen LogP contribution >= 0.6 is 22.6 Å². The van der Waals surface area contributed by atoms with Gasteiger partial charge in [-0.05, 0) is 94.7 Å². The first-order chi connectivity index (χ1) is 18.3. The predicted octanol–water partition coefficient (Wildman–Crippen LogP) is 5.47. The van der Waals surface area contributed by atoms with Crippen LogP contribution in [0.3, 0.4) is 0 Å². The summed E-state index contributed by atoms with van der Waals surface area (Å²) in [6.07, 6.45) is 2.24. The topological polar surface area (TPSA) is 94.2 Å². The Balaban J connectivity index is 1.59. The second-order valence-electron chi connectivity index (χ2n) is 8.25. The number of hydrogen-bond donors (Lipinski definition) is 1. The average Bonchev–Trinajstić information content (AvgIpc) is 2.90. The number of carbonyl (C=O) groups is 3. The number of amides is 4. The number of rotatable bonds is 9. The Morgan fingerprint density at radius 1 is 1.00 bits per heavy atom. The van der Waals surface area contributed by atoms with Crippen LogP contribution in [0.1, 0.15) is 24.5 Å². The zero-order valence-corrected chi connectivity index (χ0v) is 22.8. The average molecular weight is 630 g/mol. The molecule has 1 heterocycles. The van der Waals surface area contributed by atoms with Crippen molar-refractivity contribution in [3.8, 4) is 17.2 Å². The number of nitrogens with one attached hydrogen (secondary N) is 1. The molecule has 8 nitrogen and oxygen atoms in total. The lowest BCUT2D eigenvalue weighted by Crippen LogP contribution is -2.54. The summed E-state index contributed by atoms with van der Waals surface area (Å²) in [5.41, 5.74) is 1.35. The van der Waals surface area contributed by atoms with E-state index in [0.29, 0.717) is 38.7 Å². The smallest absolute Gasteiger partial charge is 0.335 e. The van der Waals surface area contributed by atoms with Crippen LogP contribution in [-0.4, -0.2) is 31.6 Å². The SMILES string of the molecule is CCCOc1ccc(N2C(=O)NC(=O)/C(=C/c3cc(I)c(OCc4ccc(F)cc4)c(OC)c3)C2=O)cc1. The highest BCUT2D eigenvalue weighted by Gasteiger charge is 2.37. The summed E-state index contributed by atoms with van der Waals surface area (Å²) < 4.78 is 30.8. The number of nitrogens with zero attached hydrogens (tertiary/aromatic N) is 1. The monoisotopic (exact) mass is 630 g/mol. The van der Waals surface area contributed by atoms with E-state index in [2.05, 4.69) is 27.9 Å². The Morgan fingerprint density at radius 2 is 1.71 bits per heavy atom. The Hall–Kier alpha value is -3.93. The Labute approximate surface area is 232 Å². The van der Waals surface area contributed by atoms with Crippen molar-refractivity contribution in [2.24, 2.45) is 0 Å². The molecule has 0 radical (unpaired) electrons. The molecule has 4 amide bonds. The van der Waals surface area contributed by atoms with E-state index in [0.717, 1.165) is 16.9 Å². The molecule has 10 heteroatoms. The van der Waals surface area contributed by atoms with E-state index >= 15 is 0 Å². The van der Waals surface area contributed by atoms with E-state index in [1.807, 2.05) is 6.92 Å². The molecule has 0 aliphatic carbocycles. The molecule has 0 bridgehead atoms. The van der Waals surface area contributed by atoms with Crippen molar-refractivity contribution in [2.75, 3.05) is 18.6 Å². The third kappa shape index (κ3) is 6.13. The van der Waals surface area contributed by atoms with Gasteiger partial charge in [0.2, 0.25) is 0 Å². The molecular weight excluding hydrogens is 606 g/mol. The largest absolute Gasteiger partial charge is 0.494 e. The van der Waals surface area contributed by atoms with Gasteiger partial charge in [-0.2, -0.15) is 0 Å². The molecule has 0 saturated carbocycles. The molecule has 4 rings (SSSR count). The number of carbonyl (C=O) groups excluding carboxylic acids is 3. The summed E-state index contributed by atoms with van der Waals surface area (Å²) in [6, 6.07) is 14.9. The number of halogens is 2. The molecule has 0 spiro atoms. The summed E-state index contributed by atoms with van der Waals surface area (Å²) >= 11 is 2.06. The van der Waals surface area contributed by atoms with Gasteiger partial charge in [-0.3, -0.25) is 14.9 Å². The molecule has 38 heavy (non-hydrogen) atoms. The van der Waals surface area contributed by atoms with E-state index in [1.54, 1.807) is 48.5 Å². The maximum absolute atomic E-state index is 13.3. The van der Waals surface area contributed by atoms with Crippen LogP contribution in [0.2, 0.25) is 0 Å². The molecule has 0 aromatic heterocycles. The fraction of sp³-hybridized carbons (Fsp3) is 0.179. The van der Waals surface area contributed by atoms with Crippen molar-refractivity contribution in [1.29, 1.82) is 0 Å². The van der Waals surface area contributed by atoms with Crippen molar-refractivity contribution < 1.29 is 33.0 Å². The van der Waals surface area contributed by atoms with Gasteiger partial charge in [-0.1, -0.05) is 19.1 Å². The number of hydrogen-bond acceptors (Lipinski definition) is 6. The Kier molecular flexibility index (Phi) is 8.62. The number of barbiturate groups is 1. The zero-order chi connectivity index (χ0) is 27.2. The van der Waals surface area contributed by atoms with Crippen LogP contribution in [0.5, 0.6) is 17.2 Å². The Bertz CT molecular complexity index is 1390. The van der Waals surface area contributed by atoms with Crippen LogP contribution in [0.25, 0.3) is 6.08 Å². The molecule has 1 saturated heterocycles. The van der Waals surface area contributed by atoms with Crippen LogP contribution in [0.4, 0.5) is 14.9 Å². The normalized spacial score (nSPS) is 14.5. The number of ether oxygens (including phenoxy) is 3. The Morgan fingerprint density at radius 3 is 2.37 bits per heavy atom. The minimum Gasteiger partial charge on any atom is -0.494 e. The fourth-order valence-electron chi connectivity index (χ4n) is 3.67. The quantitative estimate of drug-likeness (QED) is 0.192. The fourth-order valence-corrected chi connectivity index (χ4v) is 4.45. The minimum atomic E-state index is -0.837. The van der Waals surface area contributed by atoms with Crippen LogP contribution < -0.4 is 24.4 Å². The van der Waals surface area contributed by atoms with Gasteiger partial charge in [-0.15, -0.1) is 0 Å². The van der Waals surface area contributed by atoms with Crippen LogP contribution in [0.15, 0.2) is 66.2 Å². The molecule has 0 atom stereocenters. The molecule has 1 N–H and O–H groups in total. The standard InChI is InChI=1S/C28H24FIN2O6/c1-3-12-37-21-10-8-20(9-11-21)32-27(34)22(26(33)31-28(32)35)13-18-14-23(30)25(24(15-18)36-2)38-16-17-4-6-19(29)7-5-17/h4-11,13-15H,3,12,16H2,1-2H3,(H,31,33,35)/b22-13-. The summed E-state index contributed by atoms with van der Waals surface area (Å²) in [5.74, 6) is -0.448. The first kappa shape index (κ1) is 27.1. The zero-order valence-electron chi connectivity index (χ0n) is 20.6. The molecule has 1 fully saturated rings. The molecule has 1 aliphatic heterocycles. The van der Waals surface area contributed by atoms with Crippen molar-refractivity contribution in [1.82, 2.24) is 5.32 Å². The summed E-state index contributed by atoms with van der Waals surface area (Å²) in [7, 11) is 1.47. The molecule has 0 unspecified atom stereocenters. The van der Waals surface area contributed by atoms with E-state index in [1.165, 1.54) is 25.3 Å². The highest BCUT2D eigenvalue weighted by molar-refractivity contribution is 14.1. The lowest BCUT2D eigenvalue weighted by Gasteiger charge is -2.26. The predicted molar refractivity (Wildman–Crippen MR) is 148 cm³/mol. The van der Waals surface area contributed by atoms with Gasteiger partial charge in [0.1, 0.15) is 23.7 Å². The maximum atomic E-state index is 13.3. The molecule has 3 aromatic carbocycles. The molecule has 1 aliphatic rings. The summed E-state index contributed by atoms with van der Waals surface area (Å²) in [4.78, 5) is 39.3. The van der Waals surface area contributed by atoms with Crippen LogP contribution in [-0.2, 0) is 16.2 Å². The number of imide groups is 2. The van der Waals surface area contributed by atoms with Gasteiger partial charge in [0.05, 0.1) is 23.0 Å². The summed E-state index contributed by atoms with van der Waals surface area (Å²) in [6.45, 7) is 2.72. The highest BCUT2D eigenvalue weighted by atomic mass is 127. The molecular formula is C28H24FIN2O6. The van der Waals surface area contributed by atoms with E-state index in [-0.39, 0.29) is 18.0 Å². The van der Waals surface area contributed by atoms with Gasteiger partial charge in [0, 0.05) is 0 Å². The second kappa shape index (κ2) is 12.1. The number of benzene rings is 3. The molecule has 196 valence electrons. The minimum absolute atomic E-state index is 0.188. The third-order valence-electron chi connectivity index (χ3n) is 5.53. The first-order valence-corrected chi connectivity index (χ1v) is 12.8. The lowest BCUT2D eigenvalue weighted by molar-refractivity contribution is -0.122. The van der Waals surface area contributed by atoms with E-state index < -0.39 is 17.8 Å². The molecule has 3 aromatic rings. The van der Waals surface area contributed by atoms with E-state index in [4.69, 9.17) is 14.2 Å². The third-order valence-corrected chi connectivity index (χ3v) is 6.33.